The van der Waals surface area contributed by atoms with E-state index in [1.807, 2.05) is 23.2 Å². The van der Waals surface area contributed by atoms with Gasteiger partial charge in [0.2, 0.25) is 0 Å². The van der Waals surface area contributed by atoms with Crippen LogP contribution in [0, 0.1) is 11.7 Å². The molecule has 6 nitrogen and oxygen atoms in total. The molecule has 2 fully saturated rings. The first kappa shape index (κ1) is 19.3. The molecule has 1 aliphatic carbocycles. The van der Waals surface area contributed by atoms with Crippen molar-refractivity contribution in [3.05, 3.63) is 53.2 Å². The molecule has 0 spiro atoms. The summed E-state index contributed by atoms with van der Waals surface area (Å²) in [5, 5.41) is 2.83. The van der Waals surface area contributed by atoms with Crippen molar-refractivity contribution in [1.82, 2.24) is 19.4 Å². The second kappa shape index (κ2) is 7.87. The molecule has 156 valence electrons. The first-order chi connectivity index (χ1) is 14.6. The summed E-state index contributed by atoms with van der Waals surface area (Å²) in [6, 6.07) is 7.96. The second-order valence-electron chi connectivity index (χ2n) is 8.21. The molecular weight excluding hydrogens is 405 g/mol. The number of likely N-dealkylation sites (tertiary alicyclic amines) is 1. The fourth-order valence-corrected chi connectivity index (χ4v) is 4.42. The van der Waals surface area contributed by atoms with Crippen LogP contribution < -0.4 is 5.32 Å². The zero-order valence-corrected chi connectivity index (χ0v) is 17.3. The van der Waals surface area contributed by atoms with Crippen LogP contribution in [0.25, 0.3) is 11.2 Å². The first-order valence-electron chi connectivity index (χ1n) is 10.4. The number of aromatic nitrogens is 3. The molecule has 1 atom stereocenters. The highest BCUT2D eigenvalue weighted by Gasteiger charge is 2.32. The number of piperidine rings is 1. The Balaban J connectivity index is 1.30. The van der Waals surface area contributed by atoms with Crippen molar-refractivity contribution in [2.75, 3.05) is 18.4 Å². The third-order valence-corrected chi connectivity index (χ3v) is 6.18. The number of pyridine rings is 1. The SMILES string of the molecule is O=C(Nc1ccc(F)c(Cl)c1)N1CCCC(Cn2c(C3CC3)nc3cccnc32)C1. The number of benzene rings is 1. The Hall–Kier alpha value is -2.67. The second-order valence-corrected chi connectivity index (χ2v) is 8.62. The maximum Gasteiger partial charge on any atom is 0.321 e. The molecule has 3 heterocycles. The molecule has 1 unspecified atom stereocenters. The Morgan fingerprint density at radius 3 is 2.93 bits per heavy atom. The first-order valence-corrected chi connectivity index (χ1v) is 10.8. The highest BCUT2D eigenvalue weighted by molar-refractivity contribution is 6.31. The van der Waals surface area contributed by atoms with E-state index in [9.17, 15) is 9.18 Å². The van der Waals surface area contributed by atoms with Gasteiger partial charge in [-0.15, -0.1) is 0 Å². The molecule has 1 saturated carbocycles. The summed E-state index contributed by atoms with van der Waals surface area (Å²) >= 11 is 5.82. The number of nitrogens with zero attached hydrogens (tertiary/aromatic N) is 4. The van der Waals surface area contributed by atoms with Crippen LogP contribution in [0.1, 0.15) is 37.4 Å². The highest BCUT2D eigenvalue weighted by atomic mass is 35.5. The van der Waals surface area contributed by atoms with Crippen molar-refractivity contribution in [2.24, 2.45) is 5.92 Å². The molecule has 2 aromatic heterocycles. The number of nitrogens with one attached hydrogen (secondary N) is 1. The summed E-state index contributed by atoms with van der Waals surface area (Å²) < 4.78 is 15.6. The summed E-state index contributed by atoms with van der Waals surface area (Å²) in [5.74, 6) is 1.50. The van der Waals surface area contributed by atoms with Crippen molar-refractivity contribution in [3.63, 3.8) is 0 Å². The number of anilines is 1. The van der Waals surface area contributed by atoms with E-state index < -0.39 is 5.82 Å². The number of hydrogen-bond acceptors (Lipinski definition) is 3. The van der Waals surface area contributed by atoms with Gasteiger partial charge in [-0.3, -0.25) is 0 Å². The van der Waals surface area contributed by atoms with Crippen LogP contribution in [0.5, 0.6) is 0 Å². The van der Waals surface area contributed by atoms with E-state index in [4.69, 9.17) is 16.6 Å². The minimum absolute atomic E-state index is 0.00332. The monoisotopic (exact) mass is 427 g/mol. The largest absolute Gasteiger partial charge is 0.324 e. The molecule has 0 bridgehead atoms. The van der Waals surface area contributed by atoms with Gasteiger partial charge in [-0.25, -0.2) is 19.2 Å². The molecule has 1 aromatic carbocycles. The maximum atomic E-state index is 13.4. The van der Waals surface area contributed by atoms with Gasteiger partial charge in [-0.1, -0.05) is 11.6 Å². The molecule has 3 aromatic rings. The van der Waals surface area contributed by atoms with Crippen molar-refractivity contribution < 1.29 is 9.18 Å². The minimum atomic E-state index is -0.500. The van der Waals surface area contributed by atoms with Crippen LogP contribution in [0.3, 0.4) is 0 Å². The number of halogens is 2. The van der Waals surface area contributed by atoms with Gasteiger partial charge >= 0.3 is 6.03 Å². The van der Waals surface area contributed by atoms with E-state index >= 15 is 0 Å². The molecule has 1 N–H and O–H groups in total. The predicted octanol–water partition coefficient (Wildman–Crippen LogP) is 5.05. The Labute approximate surface area is 179 Å². The van der Waals surface area contributed by atoms with Gasteiger partial charge in [0.1, 0.15) is 17.2 Å². The van der Waals surface area contributed by atoms with Crippen molar-refractivity contribution >= 4 is 34.5 Å². The van der Waals surface area contributed by atoms with Gasteiger partial charge in [0.05, 0.1) is 5.02 Å². The summed E-state index contributed by atoms with van der Waals surface area (Å²) in [5.41, 5.74) is 2.37. The fraction of sp³-hybridized carbons (Fsp3) is 0.409. The standard InChI is InChI=1S/C22H23ClFN5O/c23-17-11-16(7-8-18(17)24)26-22(30)28-10-2-3-14(12-28)13-29-20(15-5-6-15)27-19-4-1-9-25-21(19)29/h1,4,7-9,11,14-15H,2-3,5-6,10,12-13H2,(H,26,30). The topological polar surface area (TPSA) is 63.1 Å². The Kier molecular flexibility index (Phi) is 5.06. The molecule has 1 saturated heterocycles. The molecule has 2 amide bonds. The minimum Gasteiger partial charge on any atom is -0.324 e. The Morgan fingerprint density at radius 2 is 2.13 bits per heavy atom. The average Bonchev–Trinajstić information content (AvgIpc) is 3.54. The van der Waals surface area contributed by atoms with Crippen molar-refractivity contribution in [2.45, 2.75) is 38.1 Å². The lowest BCUT2D eigenvalue weighted by molar-refractivity contribution is 0.170. The van der Waals surface area contributed by atoms with E-state index in [1.54, 1.807) is 0 Å². The van der Waals surface area contributed by atoms with Gasteiger partial charge in [0.25, 0.3) is 0 Å². The number of hydrogen-bond donors (Lipinski definition) is 1. The van der Waals surface area contributed by atoms with E-state index in [-0.39, 0.29) is 11.1 Å². The number of amides is 2. The third-order valence-electron chi connectivity index (χ3n) is 5.89. The summed E-state index contributed by atoms with van der Waals surface area (Å²) in [4.78, 5) is 24.0. The van der Waals surface area contributed by atoms with Crippen LogP contribution in [-0.4, -0.2) is 38.6 Å². The lowest BCUT2D eigenvalue weighted by Gasteiger charge is -2.33. The van der Waals surface area contributed by atoms with Gasteiger partial charge in [0, 0.05) is 37.4 Å². The van der Waals surface area contributed by atoms with E-state index in [1.165, 1.54) is 31.0 Å². The van der Waals surface area contributed by atoms with E-state index in [0.29, 0.717) is 30.6 Å². The average molecular weight is 428 g/mol. The summed E-state index contributed by atoms with van der Waals surface area (Å²) in [6.07, 6.45) is 6.18. The van der Waals surface area contributed by atoms with Gasteiger partial charge in [-0.05, 0) is 61.9 Å². The number of imidazole rings is 1. The van der Waals surface area contributed by atoms with Gasteiger partial charge < -0.3 is 14.8 Å². The molecule has 8 heteroatoms. The number of carbonyl (C=O) groups is 1. The lowest BCUT2D eigenvalue weighted by atomic mass is 9.98. The molecular formula is C22H23ClFN5O. The van der Waals surface area contributed by atoms with E-state index in [2.05, 4.69) is 14.9 Å². The smallest absolute Gasteiger partial charge is 0.321 e. The third kappa shape index (κ3) is 3.86. The molecule has 30 heavy (non-hydrogen) atoms. The molecule has 0 radical (unpaired) electrons. The van der Waals surface area contributed by atoms with Crippen LogP contribution in [0.2, 0.25) is 5.02 Å². The Bertz CT molecular complexity index is 1100. The molecule has 5 rings (SSSR count). The normalized spacial score (nSPS) is 19.3. The Morgan fingerprint density at radius 1 is 1.27 bits per heavy atom. The van der Waals surface area contributed by atoms with Crippen molar-refractivity contribution in [3.8, 4) is 0 Å². The van der Waals surface area contributed by atoms with Gasteiger partial charge in [-0.2, -0.15) is 0 Å². The van der Waals surface area contributed by atoms with Crippen LogP contribution in [0.4, 0.5) is 14.9 Å². The molecule has 2 aliphatic rings. The van der Waals surface area contributed by atoms with Crippen LogP contribution in [-0.2, 0) is 6.54 Å². The fourth-order valence-electron chi connectivity index (χ4n) is 4.24. The number of fused-ring (bicyclic) bond motifs is 1. The van der Waals surface area contributed by atoms with Gasteiger partial charge in [0.15, 0.2) is 5.65 Å². The van der Waals surface area contributed by atoms with E-state index in [0.717, 1.165) is 36.4 Å². The number of rotatable bonds is 4. The van der Waals surface area contributed by atoms with Crippen LogP contribution >= 0.6 is 11.6 Å². The lowest BCUT2D eigenvalue weighted by Crippen LogP contribution is -2.43. The van der Waals surface area contributed by atoms with Crippen molar-refractivity contribution in [1.29, 1.82) is 0 Å². The quantitative estimate of drug-likeness (QED) is 0.634. The number of urea groups is 1. The summed E-state index contributed by atoms with van der Waals surface area (Å²) in [7, 11) is 0. The van der Waals surface area contributed by atoms with Crippen LogP contribution in [0.15, 0.2) is 36.5 Å². The predicted molar refractivity (Wildman–Crippen MR) is 114 cm³/mol. The zero-order chi connectivity index (χ0) is 20.7. The molecule has 1 aliphatic heterocycles. The zero-order valence-electron chi connectivity index (χ0n) is 16.5. The maximum absolute atomic E-state index is 13.4. The number of carbonyl (C=O) groups excluding carboxylic acids is 1. The highest BCUT2D eigenvalue weighted by Crippen LogP contribution is 2.41. The summed E-state index contributed by atoms with van der Waals surface area (Å²) in [6.45, 7) is 2.18.